The molecule has 1 N–H and O–H groups in total. The summed E-state index contributed by atoms with van der Waals surface area (Å²) in [6, 6.07) is 18.5. The Morgan fingerprint density at radius 2 is 1.59 bits per heavy atom. The van der Waals surface area contributed by atoms with Crippen LogP contribution in [0.2, 0.25) is 0 Å². The lowest BCUT2D eigenvalue weighted by atomic mass is 10.1. The van der Waals surface area contributed by atoms with E-state index in [4.69, 9.17) is 14.2 Å². The van der Waals surface area contributed by atoms with Gasteiger partial charge in [0.05, 0.1) is 14.2 Å². The molecule has 150 valence electrons. The third-order valence-corrected chi connectivity index (χ3v) is 4.57. The van der Waals surface area contributed by atoms with Crippen LogP contribution in [0.1, 0.15) is 22.8 Å². The minimum absolute atomic E-state index is 0.279. The van der Waals surface area contributed by atoms with Gasteiger partial charge in [0, 0.05) is 6.54 Å². The second kappa shape index (κ2) is 9.10. The highest BCUT2D eigenvalue weighted by Gasteiger charge is 2.21. The smallest absolute Gasteiger partial charge is 0.342 e. The van der Waals surface area contributed by atoms with E-state index in [-0.39, 0.29) is 11.5 Å². The molecule has 0 heterocycles. The maximum atomic E-state index is 12.6. The molecule has 29 heavy (non-hydrogen) atoms. The van der Waals surface area contributed by atoms with E-state index < -0.39 is 12.1 Å². The largest absolute Gasteiger partial charge is 0.497 e. The van der Waals surface area contributed by atoms with Crippen molar-refractivity contribution in [2.45, 2.75) is 19.6 Å². The maximum Gasteiger partial charge on any atom is 0.342 e. The molecule has 3 aromatic carbocycles. The van der Waals surface area contributed by atoms with E-state index in [2.05, 4.69) is 5.32 Å². The summed E-state index contributed by atoms with van der Waals surface area (Å²) in [5.41, 5.74) is 1.19. The molecule has 0 saturated carbocycles. The van der Waals surface area contributed by atoms with Crippen LogP contribution in [0.4, 0.5) is 0 Å². The number of amides is 1. The van der Waals surface area contributed by atoms with Crippen LogP contribution in [-0.2, 0) is 16.1 Å². The first-order valence-electron chi connectivity index (χ1n) is 9.20. The lowest BCUT2D eigenvalue weighted by Gasteiger charge is -2.15. The molecule has 0 aliphatic rings. The molecule has 0 saturated heterocycles. The number of methoxy groups -OCH3 is 2. The van der Waals surface area contributed by atoms with Gasteiger partial charge in [-0.15, -0.1) is 0 Å². The predicted octanol–water partition coefficient (Wildman–Crippen LogP) is 3.72. The van der Waals surface area contributed by atoms with Crippen molar-refractivity contribution in [1.82, 2.24) is 5.32 Å². The normalized spacial score (nSPS) is 11.6. The Morgan fingerprint density at radius 3 is 2.21 bits per heavy atom. The number of ether oxygens (including phenoxy) is 3. The fourth-order valence-corrected chi connectivity index (χ4v) is 2.90. The van der Waals surface area contributed by atoms with E-state index in [1.54, 1.807) is 19.2 Å². The Kier molecular flexibility index (Phi) is 6.34. The minimum Gasteiger partial charge on any atom is -0.497 e. The molecule has 0 aliphatic carbocycles. The van der Waals surface area contributed by atoms with Crippen LogP contribution < -0.4 is 14.8 Å². The fourth-order valence-electron chi connectivity index (χ4n) is 2.90. The van der Waals surface area contributed by atoms with Crippen molar-refractivity contribution in [3.8, 4) is 11.5 Å². The molecular weight excluding hydrogens is 370 g/mol. The van der Waals surface area contributed by atoms with Crippen molar-refractivity contribution in [3.63, 3.8) is 0 Å². The summed E-state index contributed by atoms with van der Waals surface area (Å²) >= 11 is 0. The van der Waals surface area contributed by atoms with E-state index >= 15 is 0 Å². The van der Waals surface area contributed by atoms with Crippen molar-refractivity contribution < 1.29 is 23.8 Å². The molecule has 6 heteroatoms. The second-order valence-corrected chi connectivity index (χ2v) is 6.51. The first-order chi connectivity index (χ1) is 14.0. The van der Waals surface area contributed by atoms with Crippen LogP contribution in [0.15, 0.2) is 60.7 Å². The number of nitrogens with one attached hydrogen (secondary N) is 1. The first-order valence-corrected chi connectivity index (χ1v) is 9.20. The lowest BCUT2D eigenvalue weighted by molar-refractivity contribution is -0.129. The molecule has 0 fully saturated rings. The zero-order valence-electron chi connectivity index (χ0n) is 16.6. The summed E-state index contributed by atoms with van der Waals surface area (Å²) in [7, 11) is 3.09. The zero-order valence-corrected chi connectivity index (χ0v) is 16.6. The number of benzene rings is 3. The monoisotopic (exact) mass is 393 g/mol. The highest BCUT2D eigenvalue weighted by atomic mass is 16.5. The standard InChI is InChI=1S/C23H23NO5/c1-15(22(25)24-14-16-8-10-19(27-2)11-9-16)29-23(26)20-12-17-6-4-5-7-18(17)13-21(20)28-3/h4-13,15H,14H2,1-3H3,(H,24,25)/t15-/m1/s1. The van der Waals surface area contributed by atoms with Gasteiger partial charge in [-0.3, -0.25) is 4.79 Å². The molecule has 1 amide bonds. The quantitative estimate of drug-likeness (QED) is 0.620. The third kappa shape index (κ3) is 4.85. The SMILES string of the molecule is COc1ccc(CNC(=O)[C@@H](C)OC(=O)c2cc3ccccc3cc2OC)cc1. The second-order valence-electron chi connectivity index (χ2n) is 6.51. The summed E-state index contributed by atoms with van der Waals surface area (Å²) in [4.78, 5) is 25.0. The Hall–Kier alpha value is -3.54. The molecule has 0 spiro atoms. The van der Waals surface area contributed by atoms with Crippen LogP contribution in [0.5, 0.6) is 11.5 Å². The number of esters is 1. The minimum atomic E-state index is -0.947. The van der Waals surface area contributed by atoms with Gasteiger partial charge >= 0.3 is 5.97 Å². The van der Waals surface area contributed by atoms with E-state index in [0.717, 1.165) is 22.1 Å². The van der Waals surface area contributed by atoms with Crippen LogP contribution in [-0.4, -0.2) is 32.2 Å². The summed E-state index contributed by atoms with van der Waals surface area (Å²) in [6.07, 6.45) is -0.947. The summed E-state index contributed by atoms with van der Waals surface area (Å²) < 4.78 is 15.8. The van der Waals surface area contributed by atoms with Gasteiger partial charge in [-0.1, -0.05) is 36.4 Å². The highest BCUT2D eigenvalue weighted by molar-refractivity contribution is 5.99. The number of hydrogen-bond acceptors (Lipinski definition) is 5. The number of carbonyl (C=O) groups is 2. The zero-order chi connectivity index (χ0) is 20.8. The number of rotatable bonds is 7. The highest BCUT2D eigenvalue weighted by Crippen LogP contribution is 2.27. The van der Waals surface area contributed by atoms with E-state index in [9.17, 15) is 9.59 Å². The van der Waals surface area contributed by atoms with Gasteiger partial charge in [-0.25, -0.2) is 4.79 Å². The Morgan fingerprint density at radius 1 is 0.931 bits per heavy atom. The van der Waals surface area contributed by atoms with Gasteiger partial charge in [-0.2, -0.15) is 0 Å². The van der Waals surface area contributed by atoms with Crippen molar-refractivity contribution >= 4 is 22.6 Å². The van der Waals surface area contributed by atoms with E-state index in [0.29, 0.717) is 12.3 Å². The molecule has 1 atom stereocenters. The van der Waals surface area contributed by atoms with Crippen molar-refractivity contribution in [2.75, 3.05) is 14.2 Å². The van der Waals surface area contributed by atoms with Crippen LogP contribution in [0.3, 0.4) is 0 Å². The number of carbonyl (C=O) groups excluding carboxylic acids is 2. The van der Waals surface area contributed by atoms with E-state index in [1.165, 1.54) is 14.0 Å². The Labute approximate surface area is 169 Å². The summed E-state index contributed by atoms with van der Waals surface area (Å²) in [5.74, 6) is 0.153. The Balaban J connectivity index is 1.64. The molecule has 0 bridgehead atoms. The fraction of sp³-hybridized carbons (Fsp3) is 0.217. The molecule has 3 rings (SSSR count). The molecule has 0 unspecified atom stereocenters. The third-order valence-electron chi connectivity index (χ3n) is 4.57. The molecule has 0 aromatic heterocycles. The lowest BCUT2D eigenvalue weighted by Crippen LogP contribution is -2.35. The van der Waals surface area contributed by atoms with Crippen LogP contribution in [0, 0.1) is 0 Å². The molecule has 0 aliphatic heterocycles. The van der Waals surface area contributed by atoms with Crippen molar-refractivity contribution in [3.05, 3.63) is 71.8 Å². The molecule has 6 nitrogen and oxygen atoms in total. The van der Waals surface area contributed by atoms with Gasteiger partial charge in [0.25, 0.3) is 5.91 Å². The summed E-state index contributed by atoms with van der Waals surface area (Å²) in [5, 5.41) is 4.60. The van der Waals surface area contributed by atoms with Crippen molar-refractivity contribution in [1.29, 1.82) is 0 Å². The van der Waals surface area contributed by atoms with E-state index in [1.807, 2.05) is 48.5 Å². The topological polar surface area (TPSA) is 73.9 Å². The molecule has 3 aromatic rings. The first kappa shape index (κ1) is 20.2. The van der Waals surface area contributed by atoms with Gasteiger partial charge in [0.15, 0.2) is 6.10 Å². The van der Waals surface area contributed by atoms with Gasteiger partial charge in [-0.05, 0) is 47.5 Å². The summed E-state index contributed by atoms with van der Waals surface area (Å²) in [6.45, 7) is 1.86. The Bertz CT molecular complexity index is 1010. The number of hydrogen-bond donors (Lipinski definition) is 1. The molecule has 0 radical (unpaired) electrons. The maximum absolute atomic E-state index is 12.6. The number of fused-ring (bicyclic) bond motifs is 1. The van der Waals surface area contributed by atoms with Gasteiger partial charge in [0.2, 0.25) is 0 Å². The van der Waals surface area contributed by atoms with Crippen molar-refractivity contribution in [2.24, 2.45) is 0 Å². The predicted molar refractivity (Wildman–Crippen MR) is 110 cm³/mol. The molecular formula is C23H23NO5. The van der Waals surface area contributed by atoms with Crippen LogP contribution in [0.25, 0.3) is 10.8 Å². The van der Waals surface area contributed by atoms with Crippen LogP contribution >= 0.6 is 0 Å². The van der Waals surface area contributed by atoms with Gasteiger partial charge < -0.3 is 19.5 Å². The average Bonchev–Trinajstić information content (AvgIpc) is 2.76. The van der Waals surface area contributed by atoms with Gasteiger partial charge in [0.1, 0.15) is 17.1 Å². The average molecular weight is 393 g/mol.